The number of carbonyl (C=O) groups excluding carboxylic acids is 1. The Kier molecular flexibility index (Phi) is 4.16. The van der Waals surface area contributed by atoms with E-state index in [-0.39, 0.29) is 5.91 Å². The summed E-state index contributed by atoms with van der Waals surface area (Å²) in [6.45, 7) is 0.658. The summed E-state index contributed by atoms with van der Waals surface area (Å²) < 4.78 is 4.90. The van der Waals surface area contributed by atoms with Crippen LogP contribution in [0, 0.1) is 0 Å². The molecule has 0 aliphatic carbocycles. The monoisotopic (exact) mass is 247 g/mol. The molecule has 4 heteroatoms. The van der Waals surface area contributed by atoms with Crippen molar-refractivity contribution in [2.45, 2.75) is 6.42 Å². The van der Waals surface area contributed by atoms with Crippen LogP contribution in [0.3, 0.4) is 0 Å². The number of hydrogen-bond acceptors (Lipinski definition) is 3. The van der Waals surface area contributed by atoms with Gasteiger partial charge >= 0.3 is 0 Å². The largest absolute Gasteiger partial charge is 0.472 e. The summed E-state index contributed by atoms with van der Waals surface area (Å²) in [5.41, 5.74) is 2.15. The molecular weight excluding hydrogens is 234 g/mol. The first-order valence-electron chi connectivity index (χ1n) is 5.34. The topological polar surface area (TPSA) is 42.2 Å². The van der Waals surface area contributed by atoms with E-state index in [1.165, 1.54) is 11.6 Å². The smallest absolute Gasteiger partial charge is 0.244 e. The van der Waals surface area contributed by atoms with E-state index in [1.54, 1.807) is 36.0 Å². The van der Waals surface area contributed by atoms with E-state index in [4.69, 9.17) is 4.42 Å². The fourth-order valence-corrected chi connectivity index (χ4v) is 2.07. The summed E-state index contributed by atoms with van der Waals surface area (Å²) in [6, 6.07) is 3.87. The number of thiophene rings is 1. The lowest BCUT2D eigenvalue weighted by molar-refractivity contribution is -0.116. The zero-order valence-electron chi connectivity index (χ0n) is 9.26. The molecule has 1 N–H and O–H groups in total. The molecule has 0 saturated carbocycles. The van der Waals surface area contributed by atoms with Crippen LogP contribution in [-0.4, -0.2) is 12.5 Å². The zero-order valence-corrected chi connectivity index (χ0v) is 10.1. The second-order valence-corrected chi connectivity index (χ2v) is 4.34. The predicted octanol–water partition coefficient (Wildman–Crippen LogP) is 2.71. The van der Waals surface area contributed by atoms with Crippen LogP contribution in [0.15, 0.2) is 45.9 Å². The summed E-state index contributed by atoms with van der Waals surface area (Å²) in [4.78, 5) is 11.4. The van der Waals surface area contributed by atoms with E-state index in [9.17, 15) is 4.79 Å². The van der Waals surface area contributed by atoms with Gasteiger partial charge in [0, 0.05) is 18.2 Å². The van der Waals surface area contributed by atoms with Gasteiger partial charge in [-0.3, -0.25) is 4.79 Å². The van der Waals surface area contributed by atoms with Gasteiger partial charge in [0.05, 0.1) is 12.5 Å². The van der Waals surface area contributed by atoms with E-state index in [2.05, 4.69) is 16.8 Å². The first kappa shape index (κ1) is 11.7. The number of carbonyl (C=O) groups is 1. The van der Waals surface area contributed by atoms with Gasteiger partial charge in [-0.05, 0) is 41.0 Å². The Morgan fingerprint density at radius 1 is 1.47 bits per heavy atom. The SMILES string of the molecule is O=C(C=Cc1ccoc1)NCCc1ccsc1. The van der Waals surface area contributed by atoms with E-state index in [0.717, 1.165) is 12.0 Å². The standard InChI is InChI=1S/C13H13NO2S/c15-13(2-1-11-4-7-16-9-11)14-6-3-12-5-8-17-10-12/h1-2,4-5,7-10H,3,6H2,(H,14,15). The fourth-order valence-electron chi connectivity index (χ4n) is 1.37. The van der Waals surface area contributed by atoms with Gasteiger partial charge in [-0.15, -0.1) is 0 Å². The normalized spacial score (nSPS) is 10.8. The van der Waals surface area contributed by atoms with Gasteiger partial charge in [-0.2, -0.15) is 11.3 Å². The molecule has 0 spiro atoms. The quantitative estimate of drug-likeness (QED) is 0.825. The highest BCUT2D eigenvalue weighted by atomic mass is 32.1. The molecule has 0 unspecified atom stereocenters. The second kappa shape index (κ2) is 6.06. The van der Waals surface area contributed by atoms with Crippen molar-refractivity contribution in [3.8, 4) is 0 Å². The van der Waals surface area contributed by atoms with Crippen LogP contribution >= 0.6 is 11.3 Å². The molecule has 17 heavy (non-hydrogen) atoms. The van der Waals surface area contributed by atoms with Crippen molar-refractivity contribution in [3.05, 3.63) is 52.6 Å². The zero-order chi connectivity index (χ0) is 11.9. The Bertz CT molecular complexity index is 472. The van der Waals surface area contributed by atoms with Crippen LogP contribution in [0.4, 0.5) is 0 Å². The molecule has 0 aliphatic heterocycles. The van der Waals surface area contributed by atoms with E-state index < -0.39 is 0 Å². The number of rotatable bonds is 5. The van der Waals surface area contributed by atoms with Crippen molar-refractivity contribution < 1.29 is 9.21 Å². The van der Waals surface area contributed by atoms with E-state index >= 15 is 0 Å². The predicted molar refractivity (Wildman–Crippen MR) is 68.8 cm³/mol. The minimum absolute atomic E-state index is 0.0820. The highest BCUT2D eigenvalue weighted by Crippen LogP contribution is 2.05. The van der Waals surface area contributed by atoms with Gasteiger partial charge in [0.2, 0.25) is 5.91 Å². The first-order valence-corrected chi connectivity index (χ1v) is 6.28. The van der Waals surface area contributed by atoms with Crippen LogP contribution in [-0.2, 0) is 11.2 Å². The maximum absolute atomic E-state index is 11.4. The van der Waals surface area contributed by atoms with Gasteiger partial charge in [0.1, 0.15) is 0 Å². The number of furan rings is 1. The molecule has 0 aliphatic rings. The summed E-state index contributed by atoms with van der Waals surface area (Å²) in [6.07, 6.45) is 7.28. The second-order valence-electron chi connectivity index (χ2n) is 3.56. The molecule has 0 radical (unpaired) electrons. The van der Waals surface area contributed by atoms with Crippen molar-refractivity contribution in [3.63, 3.8) is 0 Å². The van der Waals surface area contributed by atoms with Crippen molar-refractivity contribution >= 4 is 23.3 Å². The minimum atomic E-state index is -0.0820. The molecule has 2 aromatic rings. The Morgan fingerprint density at radius 2 is 2.41 bits per heavy atom. The molecule has 88 valence electrons. The summed E-state index contributed by atoms with van der Waals surface area (Å²) in [7, 11) is 0. The molecule has 1 amide bonds. The maximum atomic E-state index is 11.4. The molecule has 2 rings (SSSR count). The van der Waals surface area contributed by atoms with Crippen molar-refractivity contribution in [2.75, 3.05) is 6.54 Å². The molecule has 0 aromatic carbocycles. The minimum Gasteiger partial charge on any atom is -0.472 e. The third-order valence-corrected chi connectivity index (χ3v) is 3.00. The van der Waals surface area contributed by atoms with E-state index in [0.29, 0.717) is 6.54 Å². The molecule has 0 bridgehead atoms. The molecule has 0 fully saturated rings. The third-order valence-electron chi connectivity index (χ3n) is 2.26. The molecule has 2 heterocycles. The number of nitrogens with one attached hydrogen (secondary N) is 1. The molecule has 2 aromatic heterocycles. The van der Waals surface area contributed by atoms with E-state index in [1.807, 2.05) is 5.38 Å². The fraction of sp³-hybridized carbons (Fsp3) is 0.154. The first-order chi connectivity index (χ1) is 8.34. The lowest BCUT2D eigenvalue weighted by atomic mass is 10.2. The van der Waals surface area contributed by atoms with Crippen molar-refractivity contribution in [2.24, 2.45) is 0 Å². The molecule has 0 atom stereocenters. The van der Waals surface area contributed by atoms with Gasteiger partial charge in [-0.1, -0.05) is 0 Å². The Labute approximate surface area is 104 Å². The van der Waals surface area contributed by atoms with Gasteiger partial charge in [0.15, 0.2) is 0 Å². The lowest BCUT2D eigenvalue weighted by Gasteiger charge is -1.99. The van der Waals surface area contributed by atoms with Gasteiger partial charge in [-0.25, -0.2) is 0 Å². The summed E-state index contributed by atoms with van der Waals surface area (Å²) in [5, 5.41) is 6.96. The van der Waals surface area contributed by atoms with Crippen LogP contribution in [0.25, 0.3) is 6.08 Å². The third kappa shape index (κ3) is 3.92. The number of amides is 1. The van der Waals surface area contributed by atoms with Crippen LogP contribution in [0.2, 0.25) is 0 Å². The van der Waals surface area contributed by atoms with Crippen LogP contribution in [0.1, 0.15) is 11.1 Å². The van der Waals surface area contributed by atoms with Crippen molar-refractivity contribution in [1.29, 1.82) is 0 Å². The summed E-state index contributed by atoms with van der Waals surface area (Å²) >= 11 is 1.67. The molecule has 3 nitrogen and oxygen atoms in total. The Hall–Kier alpha value is -1.81. The van der Waals surface area contributed by atoms with Gasteiger partial charge < -0.3 is 9.73 Å². The molecule has 0 saturated heterocycles. The average Bonchev–Trinajstić information content (AvgIpc) is 2.99. The molecular formula is C13H13NO2S. The maximum Gasteiger partial charge on any atom is 0.244 e. The number of hydrogen-bond donors (Lipinski definition) is 1. The Balaban J connectivity index is 1.71. The lowest BCUT2D eigenvalue weighted by Crippen LogP contribution is -2.23. The highest BCUT2D eigenvalue weighted by molar-refractivity contribution is 7.07. The van der Waals surface area contributed by atoms with Gasteiger partial charge in [0.25, 0.3) is 0 Å². The average molecular weight is 247 g/mol. The van der Waals surface area contributed by atoms with Crippen molar-refractivity contribution in [1.82, 2.24) is 5.32 Å². The Morgan fingerprint density at radius 3 is 3.12 bits per heavy atom. The highest BCUT2D eigenvalue weighted by Gasteiger charge is 1.97. The van der Waals surface area contributed by atoms with Crippen LogP contribution < -0.4 is 5.32 Å². The van der Waals surface area contributed by atoms with Crippen LogP contribution in [0.5, 0.6) is 0 Å². The summed E-state index contributed by atoms with van der Waals surface area (Å²) in [5.74, 6) is -0.0820.